The molecule has 194 valence electrons. The lowest BCUT2D eigenvalue weighted by Crippen LogP contribution is -2.48. The Bertz CT molecular complexity index is 1060. The highest BCUT2D eigenvalue weighted by molar-refractivity contribution is 5.98. The molecule has 1 aliphatic rings. The van der Waals surface area contributed by atoms with Crippen LogP contribution in [0.4, 0.5) is 5.69 Å². The smallest absolute Gasteiger partial charge is 0.272 e. The molecule has 0 bridgehead atoms. The maximum Gasteiger partial charge on any atom is 0.272 e. The number of amides is 3. The molecule has 3 atom stereocenters. The SMILES string of the molecule is CCCC(=O)Nc1ccc2c(c1)OC[C@@H](C)N(C(=O)c1ccccn1)C[C@@H](C)[C@H](OC)CN(C)C2=O. The number of methoxy groups -OCH3 is 1. The second-order valence-electron chi connectivity index (χ2n) is 9.28. The Morgan fingerprint density at radius 2 is 1.97 bits per heavy atom. The number of benzene rings is 1. The number of carbonyl (C=O) groups excluding carboxylic acids is 3. The molecule has 0 saturated heterocycles. The molecule has 2 heterocycles. The Morgan fingerprint density at radius 1 is 1.19 bits per heavy atom. The number of hydrogen-bond donors (Lipinski definition) is 1. The molecular formula is C27H36N4O5. The first-order chi connectivity index (χ1) is 17.2. The molecule has 0 fully saturated rings. The van der Waals surface area contributed by atoms with Crippen LogP contribution in [0.2, 0.25) is 0 Å². The molecule has 1 N–H and O–H groups in total. The summed E-state index contributed by atoms with van der Waals surface area (Å²) in [7, 11) is 3.33. The third-order valence-corrected chi connectivity index (χ3v) is 6.35. The van der Waals surface area contributed by atoms with Gasteiger partial charge in [0.15, 0.2) is 0 Å². The predicted octanol–water partition coefficient (Wildman–Crippen LogP) is 3.47. The maximum atomic E-state index is 13.4. The van der Waals surface area contributed by atoms with Crippen LogP contribution in [0.15, 0.2) is 42.6 Å². The summed E-state index contributed by atoms with van der Waals surface area (Å²) in [5.74, 6) is -0.223. The van der Waals surface area contributed by atoms with E-state index >= 15 is 0 Å². The molecule has 9 heteroatoms. The van der Waals surface area contributed by atoms with E-state index in [4.69, 9.17) is 9.47 Å². The van der Waals surface area contributed by atoms with E-state index in [1.165, 1.54) is 0 Å². The van der Waals surface area contributed by atoms with Crippen LogP contribution in [0.25, 0.3) is 0 Å². The Hall–Kier alpha value is -3.46. The fraction of sp³-hybridized carbons (Fsp3) is 0.481. The molecule has 3 rings (SSSR count). The zero-order valence-corrected chi connectivity index (χ0v) is 21.7. The Balaban J connectivity index is 1.97. The van der Waals surface area contributed by atoms with Crippen molar-refractivity contribution in [1.29, 1.82) is 0 Å². The maximum absolute atomic E-state index is 13.4. The molecular weight excluding hydrogens is 460 g/mol. The lowest BCUT2D eigenvalue weighted by molar-refractivity contribution is -0.116. The number of rotatable bonds is 5. The minimum absolute atomic E-state index is 0.0598. The van der Waals surface area contributed by atoms with E-state index in [9.17, 15) is 14.4 Å². The van der Waals surface area contributed by atoms with Gasteiger partial charge in [-0.25, -0.2) is 0 Å². The van der Waals surface area contributed by atoms with Gasteiger partial charge in [0.2, 0.25) is 5.91 Å². The number of nitrogens with one attached hydrogen (secondary N) is 1. The van der Waals surface area contributed by atoms with Crippen molar-refractivity contribution in [3.05, 3.63) is 53.9 Å². The molecule has 36 heavy (non-hydrogen) atoms. The predicted molar refractivity (Wildman–Crippen MR) is 137 cm³/mol. The van der Waals surface area contributed by atoms with Gasteiger partial charge in [-0.15, -0.1) is 0 Å². The second kappa shape index (κ2) is 12.5. The van der Waals surface area contributed by atoms with Gasteiger partial charge >= 0.3 is 0 Å². The fourth-order valence-corrected chi connectivity index (χ4v) is 4.22. The van der Waals surface area contributed by atoms with E-state index in [-0.39, 0.29) is 42.4 Å². The highest BCUT2D eigenvalue weighted by Gasteiger charge is 2.31. The molecule has 9 nitrogen and oxygen atoms in total. The summed E-state index contributed by atoms with van der Waals surface area (Å²) in [5, 5.41) is 2.85. The molecule has 1 aromatic heterocycles. The number of carbonyl (C=O) groups is 3. The van der Waals surface area contributed by atoms with Gasteiger partial charge in [-0.1, -0.05) is 19.9 Å². The van der Waals surface area contributed by atoms with Gasteiger partial charge in [-0.05, 0) is 37.6 Å². The summed E-state index contributed by atoms with van der Waals surface area (Å²) >= 11 is 0. The standard InChI is InChI=1S/C27H36N4O5/c1-6-9-25(32)29-20-11-12-21-23(14-20)36-17-19(3)31(27(34)22-10-7-8-13-28-22)15-18(2)24(35-5)16-30(4)26(21)33/h7-8,10-14,18-19,24H,6,9,15-17H2,1-5H3,(H,29,32)/t18-,19-,24-/m1/s1. The van der Waals surface area contributed by atoms with E-state index in [1.807, 2.05) is 20.8 Å². The zero-order chi connectivity index (χ0) is 26.2. The molecule has 0 unspecified atom stereocenters. The molecule has 2 aromatic rings. The van der Waals surface area contributed by atoms with Crippen molar-refractivity contribution < 1.29 is 23.9 Å². The number of fused-ring (bicyclic) bond motifs is 1. The number of anilines is 1. The van der Waals surface area contributed by atoms with Crippen LogP contribution >= 0.6 is 0 Å². The number of ether oxygens (including phenoxy) is 2. The van der Waals surface area contributed by atoms with Gasteiger partial charge < -0.3 is 24.6 Å². The van der Waals surface area contributed by atoms with E-state index < -0.39 is 0 Å². The lowest BCUT2D eigenvalue weighted by atomic mass is 10.0. The third-order valence-electron chi connectivity index (χ3n) is 6.35. The highest BCUT2D eigenvalue weighted by atomic mass is 16.5. The quantitative estimate of drug-likeness (QED) is 0.680. The molecule has 1 aliphatic heterocycles. The van der Waals surface area contributed by atoms with Crippen LogP contribution in [0, 0.1) is 5.92 Å². The molecule has 1 aromatic carbocycles. The minimum Gasteiger partial charge on any atom is -0.491 e. The monoisotopic (exact) mass is 496 g/mol. The van der Waals surface area contributed by atoms with Gasteiger partial charge in [0.05, 0.1) is 17.7 Å². The van der Waals surface area contributed by atoms with Crippen LogP contribution in [-0.2, 0) is 9.53 Å². The first kappa shape index (κ1) is 27.1. The molecule has 0 aliphatic carbocycles. The Morgan fingerprint density at radius 3 is 2.64 bits per heavy atom. The van der Waals surface area contributed by atoms with Crippen molar-refractivity contribution in [2.45, 2.75) is 45.8 Å². The number of likely N-dealkylation sites (N-methyl/N-ethyl adjacent to an activating group) is 1. The topological polar surface area (TPSA) is 101 Å². The van der Waals surface area contributed by atoms with Crippen molar-refractivity contribution in [3.8, 4) is 5.75 Å². The normalized spacial score (nSPS) is 21.0. The number of hydrogen-bond acceptors (Lipinski definition) is 6. The van der Waals surface area contributed by atoms with Crippen LogP contribution in [0.3, 0.4) is 0 Å². The van der Waals surface area contributed by atoms with Crippen molar-refractivity contribution in [3.63, 3.8) is 0 Å². The van der Waals surface area contributed by atoms with Crippen LogP contribution < -0.4 is 10.1 Å². The average molecular weight is 497 g/mol. The van der Waals surface area contributed by atoms with Crippen LogP contribution in [-0.4, -0.2) is 78.5 Å². The molecule has 0 spiro atoms. The van der Waals surface area contributed by atoms with E-state index in [0.717, 1.165) is 6.42 Å². The van der Waals surface area contributed by atoms with Crippen LogP contribution in [0.1, 0.15) is 54.5 Å². The van der Waals surface area contributed by atoms with E-state index in [2.05, 4.69) is 10.3 Å². The van der Waals surface area contributed by atoms with E-state index in [1.54, 1.807) is 66.6 Å². The first-order valence-corrected chi connectivity index (χ1v) is 12.3. The van der Waals surface area contributed by atoms with Gasteiger partial charge in [0, 0.05) is 57.5 Å². The second-order valence-corrected chi connectivity index (χ2v) is 9.28. The van der Waals surface area contributed by atoms with E-state index in [0.29, 0.717) is 42.2 Å². The average Bonchev–Trinajstić information content (AvgIpc) is 2.88. The van der Waals surface area contributed by atoms with Crippen molar-refractivity contribution in [1.82, 2.24) is 14.8 Å². The van der Waals surface area contributed by atoms with Crippen molar-refractivity contribution in [2.75, 3.05) is 39.2 Å². The highest BCUT2D eigenvalue weighted by Crippen LogP contribution is 2.27. The zero-order valence-electron chi connectivity index (χ0n) is 21.7. The van der Waals surface area contributed by atoms with Crippen molar-refractivity contribution in [2.24, 2.45) is 5.92 Å². The summed E-state index contributed by atoms with van der Waals surface area (Å²) in [5.41, 5.74) is 1.28. The Kier molecular flexibility index (Phi) is 9.41. The van der Waals surface area contributed by atoms with Gasteiger partial charge in [0.1, 0.15) is 18.1 Å². The molecule has 0 saturated carbocycles. The summed E-state index contributed by atoms with van der Waals surface area (Å²) in [6, 6.07) is 9.94. The van der Waals surface area contributed by atoms with Crippen LogP contribution in [0.5, 0.6) is 5.75 Å². The third kappa shape index (κ3) is 6.60. The summed E-state index contributed by atoms with van der Waals surface area (Å²) < 4.78 is 11.9. The van der Waals surface area contributed by atoms with Crippen molar-refractivity contribution >= 4 is 23.4 Å². The minimum atomic E-state index is -0.321. The summed E-state index contributed by atoms with van der Waals surface area (Å²) in [6.45, 7) is 6.74. The summed E-state index contributed by atoms with van der Waals surface area (Å²) in [4.78, 5) is 46.4. The van der Waals surface area contributed by atoms with Gasteiger partial charge in [-0.2, -0.15) is 0 Å². The van der Waals surface area contributed by atoms with Gasteiger partial charge in [0.25, 0.3) is 11.8 Å². The Labute approximate surface area is 212 Å². The van der Waals surface area contributed by atoms with Gasteiger partial charge in [-0.3, -0.25) is 19.4 Å². The largest absolute Gasteiger partial charge is 0.491 e. The first-order valence-electron chi connectivity index (χ1n) is 12.3. The number of aromatic nitrogens is 1. The number of nitrogens with zero attached hydrogens (tertiary/aromatic N) is 3. The fourth-order valence-electron chi connectivity index (χ4n) is 4.22. The summed E-state index contributed by atoms with van der Waals surface area (Å²) in [6.07, 6.45) is 2.43. The number of pyridine rings is 1. The molecule has 0 radical (unpaired) electrons. The lowest BCUT2D eigenvalue weighted by Gasteiger charge is -2.36. The molecule has 3 amide bonds.